The van der Waals surface area contributed by atoms with Crippen molar-refractivity contribution < 1.29 is 4.74 Å². The molecule has 1 aromatic heterocycles. The molecule has 2 atom stereocenters. The number of methoxy groups -OCH3 is 1. The summed E-state index contributed by atoms with van der Waals surface area (Å²) in [5, 5.41) is 0. The van der Waals surface area contributed by atoms with Crippen LogP contribution < -0.4 is 10.5 Å². The number of nitrogens with two attached hydrogens (primary N) is 1. The second kappa shape index (κ2) is 6.16. The fourth-order valence-corrected chi connectivity index (χ4v) is 2.71. The average molecular weight is 249 g/mol. The van der Waals surface area contributed by atoms with E-state index in [1.165, 1.54) is 18.4 Å². The van der Waals surface area contributed by atoms with E-state index in [0.717, 1.165) is 19.0 Å². The van der Waals surface area contributed by atoms with Crippen molar-refractivity contribution in [3.63, 3.8) is 0 Å². The van der Waals surface area contributed by atoms with Crippen LogP contribution in [-0.2, 0) is 0 Å². The van der Waals surface area contributed by atoms with Gasteiger partial charge in [-0.1, -0.05) is 13.0 Å². The minimum atomic E-state index is 0.283. The van der Waals surface area contributed by atoms with Gasteiger partial charge in [-0.25, -0.2) is 4.98 Å². The van der Waals surface area contributed by atoms with Crippen LogP contribution in [-0.4, -0.2) is 36.6 Å². The molecule has 2 heterocycles. The molecule has 1 aromatic rings. The summed E-state index contributed by atoms with van der Waals surface area (Å²) in [6.07, 6.45) is 4.48. The number of pyridine rings is 1. The molecule has 0 radical (unpaired) electrons. The van der Waals surface area contributed by atoms with Crippen molar-refractivity contribution >= 4 is 0 Å². The maximum absolute atomic E-state index is 5.95. The molecule has 0 aliphatic carbocycles. The number of aromatic nitrogens is 1. The van der Waals surface area contributed by atoms with Gasteiger partial charge in [0, 0.05) is 31.4 Å². The molecule has 0 spiro atoms. The predicted octanol–water partition coefficient (Wildman–Crippen LogP) is 1.82. The first-order valence-electron chi connectivity index (χ1n) is 6.68. The monoisotopic (exact) mass is 249 g/mol. The fourth-order valence-electron chi connectivity index (χ4n) is 2.71. The molecule has 4 heteroatoms. The van der Waals surface area contributed by atoms with Gasteiger partial charge in [-0.15, -0.1) is 0 Å². The first-order valence-corrected chi connectivity index (χ1v) is 6.68. The van der Waals surface area contributed by atoms with Crippen LogP contribution in [0.15, 0.2) is 18.3 Å². The SMILES string of the molecule is COc1ccc(C(CN)N2CCCC(C)C2)cn1. The predicted molar refractivity (Wildman–Crippen MR) is 72.6 cm³/mol. The zero-order chi connectivity index (χ0) is 13.0. The van der Waals surface area contributed by atoms with Crippen LogP contribution in [0.5, 0.6) is 5.88 Å². The summed E-state index contributed by atoms with van der Waals surface area (Å²) in [5.41, 5.74) is 7.14. The van der Waals surface area contributed by atoms with Crippen molar-refractivity contribution in [3.05, 3.63) is 23.9 Å². The maximum atomic E-state index is 5.95. The number of hydrogen-bond donors (Lipinski definition) is 1. The fraction of sp³-hybridized carbons (Fsp3) is 0.643. The van der Waals surface area contributed by atoms with E-state index < -0.39 is 0 Å². The number of nitrogens with zero attached hydrogens (tertiary/aromatic N) is 2. The molecule has 0 amide bonds. The maximum Gasteiger partial charge on any atom is 0.212 e. The van der Waals surface area contributed by atoms with Gasteiger partial charge < -0.3 is 10.5 Å². The molecule has 100 valence electrons. The Kier molecular flexibility index (Phi) is 4.55. The highest BCUT2D eigenvalue weighted by atomic mass is 16.5. The number of piperidine rings is 1. The van der Waals surface area contributed by atoms with Gasteiger partial charge in [0.15, 0.2) is 0 Å². The Morgan fingerprint density at radius 1 is 1.56 bits per heavy atom. The van der Waals surface area contributed by atoms with Gasteiger partial charge in [0.05, 0.1) is 7.11 Å². The van der Waals surface area contributed by atoms with Crippen LogP contribution in [0.3, 0.4) is 0 Å². The van der Waals surface area contributed by atoms with Crippen molar-refractivity contribution in [2.24, 2.45) is 11.7 Å². The van der Waals surface area contributed by atoms with Gasteiger partial charge >= 0.3 is 0 Å². The van der Waals surface area contributed by atoms with Crippen LogP contribution >= 0.6 is 0 Å². The summed E-state index contributed by atoms with van der Waals surface area (Å²) in [7, 11) is 1.63. The molecule has 1 fully saturated rings. The summed E-state index contributed by atoms with van der Waals surface area (Å²) >= 11 is 0. The zero-order valence-corrected chi connectivity index (χ0v) is 11.3. The van der Waals surface area contributed by atoms with Gasteiger partial charge in [0.1, 0.15) is 0 Å². The molecule has 0 saturated carbocycles. The Hall–Kier alpha value is -1.13. The zero-order valence-electron chi connectivity index (χ0n) is 11.3. The Balaban J connectivity index is 2.11. The molecule has 1 saturated heterocycles. The van der Waals surface area contributed by atoms with E-state index in [2.05, 4.69) is 22.9 Å². The Bertz CT molecular complexity index is 366. The lowest BCUT2D eigenvalue weighted by Crippen LogP contribution is -2.40. The van der Waals surface area contributed by atoms with Gasteiger partial charge in [-0.2, -0.15) is 0 Å². The molecule has 18 heavy (non-hydrogen) atoms. The lowest BCUT2D eigenvalue weighted by molar-refractivity contribution is 0.133. The number of hydrogen-bond acceptors (Lipinski definition) is 4. The molecule has 0 bridgehead atoms. The number of rotatable bonds is 4. The summed E-state index contributed by atoms with van der Waals surface area (Å²) in [6, 6.07) is 4.26. The van der Waals surface area contributed by atoms with E-state index in [9.17, 15) is 0 Å². The summed E-state index contributed by atoms with van der Waals surface area (Å²) in [6.45, 7) is 5.22. The van der Waals surface area contributed by atoms with Crippen molar-refractivity contribution in [2.75, 3.05) is 26.7 Å². The third-order valence-corrected chi connectivity index (χ3v) is 3.71. The summed E-state index contributed by atoms with van der Waals surface area (Å²) in [4.78, 5) is 6.76. The normalized spacial score (nSPS) is 22.7. The quantitative estimate of drug-likeness (QED) is 0.884. The molecule has 0 aromatic carbocycles. The molecule has 2 rings (SSSR count). The van der Waals surface area contributed by atoms with E-state index in [4.69, 9.17) is 10.5 Å². The van der Waals surface area contributed by atoms with Gasteiger partial charge in [-0.05, 0) is 30.9 Å². The molecule has 1 aliphatic heterocycles. The highest BCUT2D eigenvalue weighted by Crippen LogP contribution is 2.26. The average Bonchev–Trinajstić information content (AvgIpc) is 2.40. The molecule has 2 N–H and O–H groups in total. The van der Waals surface area contributed by atoms with Crippen LogP contribution in [0.1, 0.15) is 31.4 Å². The van der Waals surface area contributed by atoms with Gasteiger partial charge in [0.2, 0.25) is 5.88 Å². The Morgan fingerprint density at radius 2 is 2.39 bits per heavy atom. The number of ether oxygens (including phenoxy) is 1. The van der Waals surface area contributed by atoms with Crippen molar-refractivity contribution in [1.82, 2.24) is 9.88 Å². The van der Waals surface area contributed by atoms with E-state index in [1.54, 1.807) is 7.11 Å². The Labute approximate surface area is 109 Å². The lowest BCUT2D eigenvalue weighted by Gasteiger charge is -2.36. The van der Waals surface area contributed by atoms with Gasteiger partial charge in [-0.3, -0.25) is 4.90 Å². The minimum absolute atomic E-state index is 0.283. The molecule has 2 unspecified atom stereocenters. The highest BCUT2D eigenvalue weighted by molar-refractivity contribution is 5.21. The van der Waals surface area contributed by atoms with E-state index >= 15 is 0 Å². The molecule has 1 aliphatic rings. The molecular formula is C14H23N3O. The van der Waals surface area contributed by atoms with Crippen LogP contribution in [0, 0.1) is 5.92 Å². The van der Waals surface area contributed by atoms with E-state index in [1.807, 2.05) is 12.3 Å². The first kappa shape index (κ1) is 13.3. The minimum Gasteiger partial charge on any atom is -0.481 e. The van der Waals surface area contributed by atoms with Crippen LogP contribution in [0.25, 0.3) is 0 Å². The second-order valence-corrected chi connectivity index (χ2v) is 5.13. The highest BCUT2D eigenvalue weighted by Gasteiger charge is 2.24. The van der Waals surface area contributed by atoms with Crippen molar-refractivity contribution in [2.45, 2.75) is 25.8 Å². The third kappa shape index (κ3) is 3.00. The molecular weight excluding hydrogens is 226 g/mol. The molecule has 4 nitrogen and oxygen atoms in total. The first-order chi connectivity index (χ1) is 8.74. The topological polar surface area (TPSA) is 51.4 Å². The third-order valence-electron chi connectivity index (χ3n) is 3.71. The second-order valence-electron chi connectivity index (χ2n) is 5.13. The van der Waals surface area contributed by atoms with Gasteiger partial charge in [0.25, 0.3) is 0 Å². The van der Waals surface area contributed by atoms with E-state index in [0.29, 0.717) is 12.4 Å². The summed E-state index contributed by atoms with van der Waals surface area (Å²) in [5.74, 6) is 1.42. The van der Waals surface area contributed by atoms with Crippen molar-refractivity contribution in [3.8, 4) is 5.88 Å². The van der Waals surface area contributed by atoms with Crippen molar-refractivity contribution in [1.29, 1.82) is 0 Å². The van der Waals surface area contributed by atoms with Crippen LogP contribution in [0.2, 0.25) is 0 Å². The standard InChI is InChI=1S/C14H23N3O/c1-11-4-3-7-17(10-11)13(8-15)12-5-6-14(18-2)16-9-12/h5-6,9,11,13H,3-4,7-8,10,15H2,1-2H3. The lowest BCUT2D eigenvalue weighted by atomic mass is 9.97. The van der Waals surface area contributed by atoms with E-state index in [-0.39, 0.29) is 6.04 Å². The smallest absolute Gasteiger partial charge is 0.212 e. The Morgan fingerprint density at radius 3 is 2.94 bits per heavy atom. The summed E-state index contributed by atoms with van der Waals surface area (Å²) < 4.78 is 5.09. The number of likely N-dealkylation sites (tertiary alicyclic amines) is 1. The largest absolute Gasteiger partial charge is 0.481 e. The van der Waals surface area contributed by atoms with Crippen LogP contribution in [0.4, 0.5) is 0 Å².